The van der Waals surface area contributed by atoms with E-state index in [1.165, 1.54) is 11.8 Å². The minimum Gasteiger partial charge on any atom is -0.479 e. The number of carboxylic acid groups (broad SMARTS) is 1. The molecule has 0 aromatic carbocycles. The Hall–Kier alpha value is -0.950. The highest BCUT2D eigenvalue weighted by molar-refractivity contribution is 7.98. The van der Waals surface area contributed by atoms with Gasteiger partial charge in [-0.05, 0) is 39.2 Å². The first-order chi connectivity index (χ1) is 8.17. The van der Waals surface area contributed by atoms with Crippen LogP contribution in [-0.2, 0) is 9.53 Å². The molecule has 0 spiro atoms. The van der Waals surface area contributed by atoms with E-state index < -0.39 is 29.8 Å². The number of aliphatic hydroxyl groups is 1. The summed E-state index contributed by atoms with van der Waals surface area (Å²) in [5.41, 5.74) is -0.664. The first kappa shape index (κ1) is 17.1. The first-order valence-electron chi connectivity index (χ1n) is 5.56. The van der Waals surface area contributed by atoms with E-state index in [1.807, 2.05) is 6.26 Å². The van der Waals surface area contributed by atoms with Gasteiger partial charge in [0.15, 0.2) is 6.10 Å². The molecule has 0 saturated carbocycles. The molecule has 106 valence electrons. The van der Waals surface area contributed by atoms with Crippen LogP contribution in [-0.4, -0.2) is 52.0 Å². The smallest absolute Gasteiger partial charge is 0.407 e. The molecule has 0 rings (SSSR count). The second kappa shape index (κ2) is 7.48. The molecule has 0 aliphatic rings. The first-order valence-corrected chi connectivity index (χ1v) is 6.96. The van der Waals surface area contributed by atoms with Crippen LogP contribution in [0.3, 0.4) is 0 Å². The molecule has 0 radical (unpaired) electrons. The average molecular weight is 279 g/mol. The number of carbonyl (C=O) groups excluding carboxylic acids is 1. The lowest BCUT2D eigenvalue weighted by Gasteiger charge is -2.24. The van der Waals surface area contributed by atoms with E-state index in [4.69, 9.17) is 9.84 Å². The van der Waals surface area contributed by atoms with Crippen LogP contribution in [0.4, 0.5) is 4.79 Å². The van der Waals surface area contributed by atoms with Gasteiger partial charge in [0.25, 0.3) is 0 Å². The molecule has 7 heteroatoms. The van der Waals surface area contributed by atoms with E-state index >= 15 is 0 Å². The van der Waals surface area contributed by atoms with Crippen LogP contribution < -0.4 is 5.32 Å². The molecule has 18 heavy (non-hydrogen) atoms. The maximum Gasteiger partial charge on any atom is 0.407 e. The maximum absolute atomic E-state index is 11.5. The molecule has 0 aliphatic carbocycles. The summed E-state index contributed by atoms with van der Waals surface area (Å²) in [6, 6.07) is -0.857. The van der Waals surface area contributed by atoms with E-state index in [2.05, 4.69) is 5.32 Å². The maximum atomic E-state index is 11.5. The summed E-state index contributed by atoms with van der Waals surface area (Å²) in [7, 11) is 0. The molecule has 0 bridgehead atoms. The van der Waals surface area contributed by atoms with Gasteiger partial charge in [-0.15, -0.1) is 0 Å². The van der Waals surface area contributed by atoms with Crippen LogP contribution in [0.15, 0.2) is 0 Å². The third-order valence-electron chi connectivity index (χ3n) is 1.97. The number of hydrogen-bond acceptors (Lipinski definition) is 5. The van der Waals surface area contributed by atoms with Crippen molar-refractivity contribution in [1.82, 2.24) is 5.32 Å². The Morgan fingerprint density at radius 3 is 2.33 bits per heavy atom. The van der Waals surface area contributed by atoms with Crippen molar-refractivity contribution in [1.29, 1.82) is 0 Å². The summed E-state index contributed by atoms with van der Waals surface area (Å²) >= 11 is 1.50. The van der Waals surface area contributed by atoms with Gasteiger partial charge >= 0.3 is 12.1 Å². The third-order valence-corrected chi connectivity index (χ3v) is 2.61. The van der Waals surface area contributed by atoms with E-state index in [1.54, 1.807) is 20.8 Å². The minimum absolute atomic E-state index is 0.355. The standard InChI is InChI=1S/C11H21NO5S/c1-11(2,3)17-10(16)12-7(5-6-18-4)8(13)9(14)15/h7-8,13H,5-6H2,1-4H3,(H,12,16)(H,14,15)/t7-,8?/m1/s1. The Kier molecular flexibility index (Phi) is 7.08. The average Bonchev–Trinajstić information content (AvgIpc) is 2.20. The highest BCUT2D eigenvalue weighted by Crippen LogP contribution is 2.09. The van der Waals surface area contributed by atoms with Crippen molar-refractivity contribution in [2.24, 2.45) is 0 Å². The number of hydrogen-bond donors (Lipinski definition) is 3. The Labute approximate surface area is 111 Å². The number of carboxylic acids is 1. The van der Waals surface area contributed by atoms with Gasteiger partial charge in [-0.1, -0.05) is 0 Å². The number of alkyl carbamates (subject to hydrolysis) is 1. The molecule has 0 aliphatic heterocycles. The summed E-state index contributed by atoms with van der Waals surface area (Å²) in [6.07, 6.45) is -0.149. The van der Waals surface area contributed by atoms with Gasteiger partial charge in [0.2, 0.25) is 0 Å². The van der Waals surface area contributed by atoms with Crippen molar-refractivity contribution in [2.45, 2.75) is 44.9 Å². The lowest BCUT2D eigenvalue weighted by Crippen LogP contribution is -2.48. The molecule has 1 amide bonds. The van der Waals surface area contributed by atoms with Gasteiger partial charge in [0, 0.05) is 0 Å². The molecule has 2 atom stereocenters. The van der Waals surface area contributed by atoms with E-state index in [-0.39, 0.29) is 0 Å². The SMILES string of the molecule is CSCC[C@@H](NC(=O)OC(C)(C)C)C(O)C(=O)O. The Morgan fingerprint density at radius 2 is 1.94 bits per heavy atom. The monoisotopic (exact) mass is 279 g/mol. The predicted octanol–water partition coefficient (Wildman–Crippen LogP) is 1.08. The summed E-state index contributed by atoms with van der Waals surface area (Å²) in [5.74, 6) is -0.734. The summed E-state index contributed by atoms with van der Waals surface area (Å²) in [4.78, 5) is 22.2. The molecule has 6 nitrogen and oxygen atoms in total. The number of amides is 1. The zero-order chi connectivity index (χ0) is 14.3. The van der Waals surface area contributed by atoms with Gasteiger partial charge in [-0.3, -0.25) is 0 Å². The van der Waals surface area contributed by atoms with Gasteiger partial charge in [-0.2, -0.15) is 11.8 Å². The second-order valence-corrected chi connectivity index (χ2v) is 5.80. The van der Waals surface area contributed by atoms with Crippen molar-refractivity contribution in [3.8, 4) is 0 Å². The lowest BCUT2D eigenvalue weighted by molar-refractivity contribution is -0.148. The quantitative estimate of drug-likeness (QED) is 0.673. The van der Waals surface area contributed by atoms with Gasteiger partial charge in [0.1, 0.15) is 5.60 Å². The third kappa shape index (κ3) is 7.39. The fourth-order valence-corrected chi connectivity index (χ4v) is 1.67. The number of thioether (sulfide) groups is 1. The zero-order valence-electron chi connectivity index (χ0n) is 11.1. The number of nitrogens with one attached hydrogen (secondary N) is 1. The van der Waals surface area contributed by atoms with Crippen molar-refractivity contribution in [2.75, 3.05) is 12.0 Å². The van der Waals surface area contributed by atoms with E-state index in [9.17, 15) is 14.7 Å². The second-order valence-electron chi connectivity index (χ2n) is 4.82. The highest BCUT2D eigenvalue weighted by atomic mass is 32.2. The van der Waals surface area contributed by atoms with E-state index in [0.29, 0.717) is 12.2 Å². The summed E-state index contributed by atoms with van der Waals surface area (Å²) in [5, 5.41) is 20.6. The van der Waals surface area contributed by atoms with Gasteiger partial charge < -0.3 is 20.3 Å². The van der Waals surface area contributed by atoms with Crippen molar-refractivity contribution >= 4 is 23.8 Å². The molecule has 0 fully saturated rings. The largest absolute Gasteiger partial charge is 0.479 e. The Balaban J connectivity index is 4.49. The lowest BCUT2D eigenvalue weighted by atomic mass is 10.1. The van der Waals surface area contributed by atoms with E-state index in [0.717, 1.165) is 0 Å². The normalized spacial score (nSPS) is 14.7. The minimum atomic E-state index is -1.63. The van der Waals surface area contributed by atoms with Crippen molar-refractivity contribution in [3.05, 3.63) is 0 Å². The highest BCUT2D eigenvalue weighted by Gasteiger charge is 2.28. The van der Waals surface area contributed by atoms with Crippen LogP contribution in [0.1, 0.15) is 27.2 Å². The van der Waals surface area contributed by atoms with Crippen LogP contribution >= 0.6 is 11.8 Å². The van der Waals surface area contributed by atoms with Crippen LogP contribution in [0.2, 0.25) is 0 Å². The molecular weight excluding hydrogens is 258 g/mol. The topological polar surface area (TPSA) is 95.9 Å². The fourth-order valence-electron chi connectivity index (χ4n) is 1.18. The molecular formula is C11H21NO5S. The number of aliphatic hydroxyl groups excluding tert-OH is 1. The molecule has 0 heterocycles. The summed E-state index contributed by atoms with van der Waals surface area (Å²) < 4.78 is 5.02. The fraction of sp³-hybridized carbons (Fsp3) is 0.818. The molecule has 0 aromatic heterocycles. The predicted molar refractivity (Wildman–Crippen MR) is 69.8 cm³/mol. The molecule has 0 aromatic rings. The molecule has 0 saturated heterocycles. The number of rotatable bonds is 6. The Bertz CT molecular complexity index is 290. The van der Waals surface area contributed by atoms with Crippen molar-refractivity contribution in [3.63, 3.8) is 0 Å². The Morgan fingerprint density at radius 1 is 1.39 bits per heavy atom. The van der Waals surface area contributed by atoms with Crippen molar-refractivity contribution < 1.29 is 24.5 Å². The summed E-state index contributed by atoms with van der Waals surface area (Å²) in [6.45, 7) is 5.12. The number of carbonyl (C=O) groups is 2. The zero-order valence-corrected chi connectivity index (χ0v) is 11.9. The number of ether oxygens (including phenoxy) is 1. The molecule has 1 unspecified atom stereocenters. The molecule has 3 N–H and O–H groups in total. The van der Waals surface area contributed by atoms with Crippen LogP contribution in [0.25, 0.3) is 0 Å². The van der Waals surface area contributed by atoms with Crippen LogP contribution in [0, 0.1) is 0 Å². The van der Waals surface area contributed by atoms with Gasteiger partial charge in [-0.25, -0.2) is 9.59 Å². The van der Waals surface area contributed by atoms with Gasteiger partial charge in [0.05, 0.1) is 6.04 Å². The number of aliphatic carboxylic acids is 1. The van der Waals surface area contributed by atoms with Crippen LogP contribution in [0.5, 0.6) is 0 Å².